The van der Waals surface area contributed by atoms with Crippen LogP contribution >= 0.6 is 33.8 Å². The lowest BCUT2D eigenvalue weighted by Crippen LogP contribution is -2.27. The van der Waals surface area contributed by atoms with Gasteiger partial charge >= 0.3 is 0 Å². The first kappa shape index (κ1) is 37.6. The summed E-state index contributed by atoms with van der Waals surface area (Å²) in [6.07, 6.45) is 2.12. The summed E-state index contributed by atoms with van der Waals surface area (Å²) in [6.45, 7) is 6.03. The van der Waals surface area contributed by atoms with Crippen LogP contribution in [0.5, 0.6) is 0 Å². The van der Waals surface area contributed by atoms with Gasteiger partial charge in [-0.15, -0.1) is 28.4 Å². The summed E-state index contributed by atoms with van der Waals surface area (Å²) in [5.74, 6) is 4.30. The Bertz CT molecular complexity index is 2120. The number of hydrogen-bond acceptors (Lipinski definition) is 7. The largest absolute Gasteiger partial charge is 0.456 e. The van der Waals surface area contributed by atoms with E-state index < -0.39 is 10.3 Å². The summed E-state index contributed by atoms with van der Waals surface area (Å²) in [5.41, 5.74) is 5.09. The van der Waals surface area contributed by atoms with Gasteiger partial charge in [-0.2, -0.15) is 0 Å². The van der Waals surface area contributed by atoms with Crippen molar-refractivity contribution in [2.75, 3.05) is 55.1 Å². The van der Waals surface area contributed by atoms with Gasteiger partial charge in [0.2, 0.25) is 5.36 Å². The first-order chi connectivity index (χ1) is 25.5. The molecule has 270 valence electrons. The Hall–Kier alpha value is -4.18. The predicted octanol–water partition coefficient (Wildman–Crippen LogP) is 11.2. The molecule has 0 radical (unpaired) electrons. The van der Waals surface area contributed by atoms with Crippen molar-refractivity contribution < 1.29 is 8.70 Å². The molecule has 0 unspecified atom stereocenters. The van der Waals surface area contributed by atoms with E-state index in [9.17, 15) is 4.91 Å². The summed E-state index contributed by atoms with van der Waals surface area (Å²) in [4.78, 5) is 17.6. The number of hydrogen-bond donors (Lipinski definition) is 0. The highest BCUT2D eigenvalue weighted by atomic mass is 32.3. The Balaban J connectivity index is 1.38. The molecule has 4 aromatic rings. The number of nitrogens with zero attached hydrogens (tertiary/aromatic N) is 3. The summed E-state index contributed by atoms with van der Waals surface area (Å²) >= 11 is 3.79. The molecule has 0 N–H and O–H groups in total. The van der Waals surface area contributed by atoms with Gasteiger partial charge in [-0.3, -0.25) is 0 Å². The van der Waals surface area contributed by atoms with Gasteiger partial charge in [0.15, 0.2) is 5.34 Å². The number of benzene rings is 5. The molecule has 52 heavy (non-hydrogen) atoms. The van der Waals surface area contributed by atoms with Gasteiger partial charge in [-0.25, -0.2) is 4.58 Å². The SMILES string of the molecule is CCS(CC)(ON=O)c1ccccc1-c1c2ccc(=[N+](C)CCCSc3ccccc3)cc-2oc2cc(N(C)CCCSc3ccccc3)ccc12. The first-order valence-electron chi connectivity index (χ1n) is 18.0. The van der Waals surface area contributed by atoms with Gasteiger partial charge in [0.05, 0.1) is 6.07 Å². The van der Waals surface area contributed by atoms with E-state index in [1.807, 2.05) is 29.6 Å². The van der Waals surface area contributed by atoms with Gasteiger partial charge in [-0.1, -0.05) is 68.4 Å². The summed E-state index contributed by atoms with van der Waals surface area (Å²) in [6, 6.07) is 42.6. The van der Waals surface area contributed by atoms with Crippen LogP contribution in [-0.2, 0) is 4.28 Å². The standard InChI is InChI=1S/C43H48N3O3S3/c1-5-52(6-2,49-44-47)42-22-14-13-21-39(42)43-37-25-23-33(45(3)27-15-29-50-35-17-9-7-10-18-35)31-40(37)48-41-32-34(24-26-38(41)43)46(4)28-16-30-51-36-19-11-8-12-20-36/h7-14,17-26,31-32H,5-6,15-16,27-30H2,1-4H3/q+1. The number of thioether (sulfide) groups is 2. The van der Waals surface area contributed by atoms with E-state index in [2.05, 4.69) is 158 Å². The minimum Gasteiger partial charge on any atom is -0.456 e. The molecule has 0 bridgehead atoms. The van der Waals surface area contributed by atoms with Gasteiger partial charge in [0, 0.05) is 86.3 Å². The highest BCUT2D eigenvalue weighted by Gasteiger charge is 2.31. The smallest absolute Gasteiger partial charge is 0.203 e. The molecular formula is C43H48N3O3S3+. The van der Waals surface area contributed by atoms with E-state index in [1.165, 1.54) is 9.79 Å². The van der Waals surface area contributed by atoms with E-state index in [4.69, 9.17) is 8.70 Å². The van der Waals surface area contributed by atoms with Crippen LogP contribution in [-0.4, -0.2) is 50.2 Å². The molecule has 0 saturated carbocycles. The fourth-order valence-corrected chi connectivity index (χ4v) is 10.7. The first-order valence-corrected chi connectivity index (χ1v) is 21.8. The van der Waals surface area contributed by atoms with Crippen LogP contribution in [0, 0.1) is 4.91 Å². The van der Waals surface area contributed by atoms with E-state index in [0.717, 1.165) is 86.8 Å². The molecule has 6 rings (SSSR count). The molecule has 0 atom stereocenters. The van der Waals surface area contributed by atoms with Crippen LogP contribution in [0.4, 0.5) is 5.69 Å². The van der Waals surface area contributed by atoms with E-state index >= 15 is 0 Å². The second-order valence-electron chi connectivity index (χ2n) is 12.7. The fraction of sp³-hybridized carbons (Fsp3) is 0.279. The Kier molecular flexibility index (Phi) is 13.0. The Labute approximate surface area is 318 Å². The summed E-state index contributed by atoms with van der Waals surface area (Å²) in [5, 5.41) is 5.13. The zero-order valence-electron chi connectivity index (χ0n) is 30.5. The Morgan fingerprint density at radius 1 is 0.769 bits per heavy atom. The number of fused-ring (bicyclic) bond motifs is 2. The maximum absolute atomic E-state index is 11.6. The minimum atomic E-state index is -1.96. The molecule has 4 aromatic carbocycles. The van der Waals surface area contributed by atoms with Crippen LogP contribution in [0.15, 0.2) is 146 Å². The third kappa shape index (κ3) is 8.71. The third-order valence-corrected chi connectivity index (χ3v) is 15.1. The number of rotatable bonds is 17. The molecule has 1 aliphatic carbocycles. The van der Waals surface area contributed by atoms with Crippen LogP contribution in [0.3, 0.4) is 0 Å². The summed E-state index contributed by atoms with van der Waals surface area (Å²) in [7, 11) is 2.35. The molecule has 1 heterocycles. The molecule has 9 heteroatoms. The van der Waals surface area contributed by atoms with Crippen LogP contribution in [0.1, 0.15) is 26.7 Å². The van der Waals surface area contributed by atoms with Crippen molar-refractivity contribution in [1.82, 2.24) is 4.58 Å². The zero-order valence-corrected chi connectivity index (χ0v) is 32.9. The molecule has 0 spiro atoms. The van der Waals surface area contributed by atoms with Crippen molar-refractivity contribution >= 4 is 50.5 Å². The minimum absolute atomic E-state index is 0.689. The van der Waals surface area contributed by atoms with Gasteiger partial charge in [0.1, 0.15) is 24.9 Å². The molecule has 6 nitrogen and oxygen atoms in total. The quantitative estimate of drug-likeness (QED) is 0.0231. The normalized spacial score (nSPS) is 12.5. The molecule has 1 aliphatic heterocycles. The Morgan fingerprint density at radius 3 is 2.10 bits per heavy atom. The lowest BCUT2D eigenvalue weighted by Gasteiger charge is -2.35. The third-order valence-electron chi connectivity index (χ3n) is 9.53. The molecule has 0 fully saturated rings. The fourth-order valence-electron chi connectivity index (χ4n) is 6.62. The topological polar surface area (TPSA) is 58.0 Å². The maximum atomic E-state index is 11.6. The Morgan fingerprint density at radius 2 is 1.42 bits per heavy atom. The van der Waals surface area contributed by atoms with Crippen molar-refractivity contribution in [3.63, 3.8) is 0 Å². The van der Waals surface area contributed by atoms with E-state index in [1.54, 1.807) is 0 Å². The van der Waals surface area contributed by atoms with Crippen molar-refractivity contribution in [3.8, 4) is 22.5 Å². The zero-order chi connectivity index (χ0) is 36.3. The van der Waals surface area contributed by atoms with E-state index in [-0.39, 0.29) is 0 Å². The highest BCUT2D eigenvalue weighted by molar-refractivity contribution is 8.29. The van der Waals surface area contributed by atoms with Gasteiger partial charge < -0.3 is 13.6 Å². The molecule has 0 saturated heterocycles. The van der Waals surface area contributed by atoms with Crippen LogP contribution in [0.25, 0.3) is 33.4 Å². The van der Waals surface area contributed by atoms with Crippen molar-refractivity contribution in [1.29, 1.82) is 0 Å². The monoisotopic (exact) mass is 750 g/mol. The van der Waals surface area contributed by atoms with E-state index in [0.29, 0.717) is 11.5 Å². The summed E-state index contributed by atoms with van der Waals surface area (Å²) < 4.78 is 14.9. The second-order valence-corrected chi connectivity index (χ2v) is 18.4. The average molecular weight is 751 g/mol. The predicted molar refractivity (Wildman–Crippen MR) is 225 cm³/mol. The van der Waals surface area contributed by atoms with Gasteiger partial charge in [0.25, 0.3) is 0 Å². The average Bonchev–Trinajstić information content (AvgIpc) is 3.19. The lowest BCUT2D eigenvalue weighted by atomic mass is 9.93. The van der Waals surface area contributed by atoms with Crippen LogP contribution < -0.4 is 14.8 Å². The highest BCUT2D eigenvalue weighted by Crippen LogP contribution is 2.60. The molecule has 0 aromatic heterocycles. The molecular weight excluding hydrogens is 703 g/mol. The number of anilines is 1. The van der Waals surface area contributed by atoms with Gasteiger partial charge in [-0.05, 0) is 76.6 Å². The lowest BCUT2D eigenvalue weighted by molar-refractivity contribution is 0.377. The van der Waals surface area contributed by atoms with Crippen molar-refractivity contribution in [3.05, 3.63) is 132 Å². The second kappa shape index (κ2) is 18.0. The molecule has 0 amide bonds. The van der Waals surface area contributed by atoms with Crippen LogP contribution in [0.2, 0.25) is 0 Å². The van der Waals surface area contributed by atoms with Crippen molar-refractivity contribution in [2.45, 2.75) is 41.4 Å². The molecule has 2 aliphatic rings. The maximum Gasteiger partial charge on any atom is 0.203 e. The van der Waals surface area contributed by atoms with Crippen molar-refractivity contribution in [2.24, 2.45) is 5.34 Å².